The SMILES string of the molecule is COC1(c2nc(C)c(CCO)c(=O)[nH]2)CCOCC1. The van der Waals surface area contributed by atoms with Gasteiger partial charge in [0.25, 0.3) is 5.56 Å². The fourth-order valence-electron chi connectivity index (χ4n) is 2.47. The van der Waals surface area contributed by atoms with Crippen molar-refractivity contribution in [2.45, 2.75) is 31.8 Å². The van der Waals surface area contributed by atoms with Crippen LogP contribution in [0.1, 0.15) is 29.9 Å². The highest BCUT2D eigenvalue weighted by Crippen LogP contribution is 2.32. The molecule has 1 aliphatic heterocycles. The summed E-state index contributed by atoms with van der Waals surface area (Å²) in [6, 6.07) is 0. The van der Waals surface area contributed by atoms with Crippen LogP contribution in [-0.2, 0) is 21.5 Å². The smallest absolute Gasteiger partial charge is 0.254 e. The van der Waals surface area contributed by atoms with Crippen molar-refractivity contribution in [2.75, 3.05) is 26.9 Å². The van der Waals surface area contributed by atoms with Gasteiger partial charge >= 0.3 is 0 Å². The summed E-state index contributed by atoms with van der Waals surface area (Å²) < 4.78 is 11.0. The highest BCUT2D eigenvalue weighted by atomic mass is 16.5. The van der Waals surface area contributed by atoms with E-state index in [2.05, 4.69) is 9.97 Å². The van der Waals surface area contributed by atoms with Crippen molar-refractivity contribution in [3.8, 4) is 0 Å². The molecular formula is C13H20N2O4. The molecule has 1 saturated heterocycles. The molecule has 0 amide bonds. The zero-order valence-electron chi connectivity index (χ0n) is 11.4. The van der Waals surface area contributed by atoms with E-state index in [1.807, 2.05) is 0 Å². The zero-order chi connectivity index (χ0) is 13.9. The van der Waals surface area contributed by atoms with Gasteiger partial charge in [-0.05, 0) is 6.92 Å². The van der Waals surface area contributed by atoms with Crippen LogP contribution in [0.5, 0.6) is 0 Å². The summed E-state index contributed by atoms with van der Waals surface area (Å²) in [7, 11) is 1.63. The number of nitrogens with one attached hydrogen (secondary N) is 1. The summed E-state index contributed by atoms with van der Waals surface area (Å²) in [6.07, 6.45) is 1.66. The van der Waals surface area contributed by atoms with Gasteiger partial charge in [-0.3, -0.25) is 4.79 Å². The Morgan fingerprint density at radius 2 is 2.16 bits per heavy atom. The van der Waals surface area contributed by atoms with Crippen LogP contribution in [0.3, 0.4) is 0 Å². The van der Waals surface area contributed by atoms with Crippen molar-refractivity contribution < 1.29 is 14.6 Å². The van der Waals surface area contributed by atoms with E-state index in [0.717, 1.165) is 0 Å². The van der Waals surface area contributed by atoms with Gasteiger partial charge in [-0.15, -0.1) is 0 Å². The lowest BCUT2D eigenvalue weighted by Crippen LogP contribution is -2.39. The average Bonchev–Trinajstić information content (AvgIpc) is 2.43. The van der Waals surface area contributed by atoms with Crippen molar-refractivity contribution in [1.82, 2.24) is 9.97 Å². The van der Waals surface area contributed by atoms with Gasteiger partial charge in [0.1, 0.15) is 11.4 Å². The second-order valence-electron chi connectivity index (χ2n) is 4.76. The Bertz CT molecular complexity index is 492. The van der Waals surface area contributed by atoms with E-state index in [0.29, 0.717) is 49.6 Å². The maximum atomic E-state index is 12.1. The molecule has 2 heterocycles. The number of methoxy groups -OCH3 is 1. The fraction of sp³-hybridized carbons (Fsp3) is 0.692. The number of ether oxygens (including phenoxy) is 2. The predicted octanol–water partition coefficient (Wildman–Crippen LogP) is 0.265. The minimum Gasteiger partial charge on any atom is -0.396 e. The zero-order valence-corrected chi connectivity index (χ0v) is 11.4. The maximum absolute atomic E-state index is 12.1. The second kappa shape index (κ2) is 5.81. The normalized spacial score (nSPS) is 18.5. The summed E-state index contributed by atoms with van der Waals surface area (Å²) in [6.45, 7) is 2.91. The largest absolute Gasteiger partial charge is 0.396 e. The van der Waals surface area contributed by atoms with E-state index in [-0.39, 0.29) is 12.2 Å². The molecule has 106 valence electrons. The summed E-state index contributed by atoms with van der Waals surface area (Å²) in [5, 5.41) is 8.96. The Labute approximate surface area is 111 Å². The number of hydrogen-bond donors (Lipinski definition) is 2. The molecule has 1 aromatic rings. The number of aliphatic hydroxyl groups is 1. The van der Waals surface area contributed by atoms with E-state index in [9.17, 15) is 4.79 Å². The molecule has 6 nitrogen and oxygen atoms in total. The number of aliphatic hydroxyl groups excluding tert-OH is 1. The third kappa shape index (κ3) is 2.70. The molecule has 0 radical (unpaired) electrons. The number of aromatic amines is 1. The van der Waals surface area contributed by atoms with Crippen molar-refractivity contribution in [1.29, 1.82) is 0 Å². The third-order valence-corrected chi connectivity index (χ3v) is 3.71. The molecule has 0 atom stereocenters. The van der Waals surface area contributed by atoms with Crippen molar-refractivity contribution in [3.63, 3.8) is 0 Å². The quantitative estimate of drug-likeness (QED) is 0.818. The standard InChI is InChI=1S/C13H20N2O4/c1-9-10(3-6-16)11(17)15-12(14-9)13(18-2)4-7-19-8-5-13/h16H,3-8H2,1-2H3,(H,14,15,17). The van der Waals surface area contributed by atoms with E-state index in [1.54, 1.807) is 14.0 Å². The molecule has 1 aromatic heterocycles. The van der Waals surface area contributed by atoms with Crippen LogP contribution in [0, 0.1) is 6.92 Å². The number of hydrogen-bond acceptors (Lipinski definition) is 5. The van der Waals surface area contributed by atoms with Crippen LogP contribution in [0.2, 0.25) is 0 Å². The molecule has 0 aromatic carbocycles. The lowest BCUT2D eigenvalue weighted by Gasteiger charge is -2.34. The highest BCUT2D eigenvalue weighted by molar-refractivity contribution is 5.19. The van der Waals surface area contributed by atoms with E-state index >= 15 is 0 Å². The number of aromatic nitrogens is 2. The molecule has 6 heteroatoms. The summed E-state index contributed by atoms with van der Waals surface area (Å²) in [4.78, 5) is 19.3. The number of nitrogens with zero attached hydrogens (tertiary/aromatic N) is 1. The number of aryl methyl sites for hydroxylation is 1. The molecule has 2 rings (SSSR count). The Morgan fingerprint density at radius 1 is 1.47 bits per heavy atom. The lowest BCUT2D eigenvalue weighted by molar-refractivity contribution is -0.100. The molecule has 0 saturated carbocycles. The fourth-order valence-corrected chi connectivity index (χ4v) is 2.47. The van der Waals surface area contributed by atoms with Gasteiger partial charge in [-0.1, -0.05) is 0 Å². The second-order valence-corrected chi connectivity index (χ2v) is 4.76. The first kappa shape index (κ1) is 14.2. The number of H-pyrrole nitrogens is 1. The van der Waals surface area contributed by atoms with Crippen LogP contribution in [0.15, 0.2) is 4.79 Å². The molecule has 0 bridgehead atoms. The molecule has 0 aliphatic carbocycles. The first-order chi connectivity index (χ1) is 9.13. The first-order valence-electron chi connectivity index (χ1n) is 6.47. The molecule has 0 spiro atoms. The lowest BCUT2D eigenvalue weighted by atomic mass is 9.92. The van der Waals surface area contributed by atoms with Crippen LogP contribution in [0.4, 0.5) is 0 Å². The monoisotopic (exact) mass is 268 g/mol. The molecular weight excluding hydrogens is 248 g/mol. The third-order valence-electron chi connectivity index (χ3n) is 3.71. The van der Waals surface area contributed by atoms with Gasteiger partial charge in [0, 0.05) is 57.5 Å². The van der Waals surface area contributed by atoms with E-state index < -0.39 is 5.60 Å². The van der Waals surface area contributed by atoms with Gasteiger partial charge in [-0.2, -0.15) is 0 Å². The molecule has 19 heavy (non-hydrogen) atoms. The van der Waals surface area contributed by atoms with Crippen molar-refractivity contribution >= 4 is 0 Å². The highest BCUT2D eigenvalue weighted by Gasteiger charge is 2.37. The minimum absolute atomic E-state index is 0.0613. The number of rotatable bonds is 4. The Hall–Kier alpha value is -1.24. The Balaban J connectivity index is 2.42. The first-order valence-corrected chi connectivity index (χ1v) is 6.47. The van der Waals surface area contributed by atoms with Gasteiger partial charge in [0.15, 0.2) is 0 Å². The van der Waals surface area contributed by atoms with Crippen molar-refractivity contribution in [3.05, 3.63) is 27.4 Å². The topological polar surface area (TPSA) is 84.4 Å². The van der Waals surface area contributed by atoms with Crippen LogP contribution < -0.4 is 5.56 Å². The van der Waals surface area contributed by atoms with E-state index in [4.69, 9.17) is 14.6 Å². The molecule has 2 N–H and O–H groups in total. The van der Waals surface area contributed by atoms with Crippen LogP contribution >= 0.6 is 0 Å². The van der Waals surface area contributed by atoms with Crippen molar-refractivity contribution in [2.24, 2.45) is 0 Å². The average molecular weight is 268 g/mol. The molecule has 0 unspecified atom stereocenters. The van der Waals surface area contributed by atoms with Gasteiger partial charge in [-0.25, -0.2) is 4.98 Å². The van der Waals surface area contributed by atoms with Crippen LogP contribution in [0.25, 0.3) is 0 Å². The summed E-state index contributed by atoms with van der Waals surface area (Å²) >= 11 is 0. The predicted molar refractivity (Wildman–Crippen MR) is 69.1 cm³/mol. The maximum Gasteiger partial charge on any atom is 0.254 e. The molecule has 1 fully saturated rings. The van der Waals surface area contributed by atoms with Gasteiger partial charge in [0.05, 0.1) is 0 Å². The van der Waals surface area contributed by atoms with Crippen LogP contribution in [-0.4, -0.2) is 42.0 Å². The Morgan fingerprint density at radius 3 is 2.68 bits per heavy atom. The minimum atomic E-state index is -0.570. The summed E-state index contributed by atoms with van der Waals surface area (Å²) in [5.74, 6) is 0.558. The molecule has 1 aliphatic rings. The Kier molecular flexibility index (Phi) is 4.34. The van der Waals surface area contributed by atoms with Gasteiger partial charge in [0.2, 0.25) is 0 Å². The van der Waals surface area contributed by atoms with E-state index in [1.165, 1.54) is 0 Å². The summed E-state index contributed by atoms with van der Waals surface area (Å²) in [5.41, 5.74) is 0.416. The van der Waals surface area contributed by atoms with Gasteiger partial charge < -0.3 is 19.6 Å².